The molecule has 0 atom stereocenters. The van der Waals surface area contributed by atoms with Crippen molar-refractivity contribution in [2.75, 3.05) is 7.11 Å². The van der Waals surface area contributed by atoms with E-state index in [4.69, 9.17) is 4.74 Å². The maximum Gasteiger partial charge on any atom is 0.126 e. The van der Waals surface area contributed by atoms with Crippen molar-refractivity contribution in [1.82, 2.24) is 9.97 Å². The molecule has 0 amide bonds. The molecule has 3 rings (SSSR count). The number of benzene rings is 2. The predicted molar refractivity (Wildman–Crippen MR) is 81.5 cm³/mol. The Morgan fingerprint density at radius 1 is 1.00 bits per heavy atom. The van der Waals surface area contributed by atoms with E-state index >= 15 is 0 Å². The lowest BCUT2D eigenvalue weighted by Gasteiger charge is -2.08. The standard InChI is InChI=1S/C17H14N2O/c1-20-17-9-6-13-4-2-3-5-15(13)16(17)8-7-14-10-11-18-12-19-14/h2-12H,1H3/b8-7+. The van der Waals surface area contributed by atoms with Gasteiger partial charge in [0.15, 0.2) is 0 Å². The van der Waals surface area contributed by atoms with Crippen LogP contribution in [0.2, 0.25) is 0 Å². The molecule has 0 fully saturated rings. The molecule has 0 bridgehead atoms. The Bertz CT molecular complexity index is 751. The highest BCUT2D eigenvalue weighted by atomic mass is 16.5. The van der Waals surface area contributed by atoms with Gasteiger partial charge in [0.25, 0.3) is 0 Å². The smallest absolute Gasteiger partial charge is 0.126 e. The summed E-state index contributed by atoms with van der Waals surface area (Å²) >= 11 is 0. The number of rotatable bonds is 3. The molecular weight excluding hydrogens is 248 g/mol. The van der Waals surface area contributed by atoms with Gasteiger partial charge in [-0.25, -0.2) is 9.97 Å². The van der Waals surface area contributed by atoms with Crippen LogP contribution in [0.4, 0.5) is 0 Å². The number of fused-ring (bicyclic) bond motifs is 1. The van der Waals surface area contributed by atoms with Crippen molar-refractivity contribution in [3.8, 4) is 5.75 Å². The molecule has 0 aliphatic heterocycles. The summed E-state index contributed by atoms with van der Waals surface area (Å²) in [5, 5.41) is 2.35. The number of hydrogen-bond donors (Lipinski definition) is 0. The highest BCUT2D eigenvalue weighted by molar-refractivity contribution is 5.95. The first-order valence-electron chi connectivity index (χ1n) is 6.38. The van der Waals surface area contributed by atoms with Crippen molar-refractivity contribution < 1.29 is 4.74 Å². The van der Waals surface area contributed by atoms with Crippen molar-refractivity contribution >= 4 is 22.9 Å². The minimum atomic E-state index is 0.856. The molecule has 0 saturated heterocycles. The van der Waals surface area contributed by atoms with Crippen LogP contribution in [-0.2, 0) is 0 Å². The van der Waals surface area contributed by atoms with Crippen molar-refractivity contribution in [1.29, 1.82) is 0 Å². The van der Waals surface area contributed by atoms with E-state index in [2.05, 4.69) is 28.2 Å². The second-order valence-corrected chi connectivity index (χ2v) is 4.37. The molecule has 1 aromatic heterocycles. The number of ether oxygens (including phenoxy) is 1. The maximum atomic E-state index is 5.46. The Labute approximate surface area is 117 Å². The van der Waals surface area contributed by atoms with Crippen LogP contribution in [0.15, 0.2) is 55.0 Å². The van der Waals surface area contributed by atoms with E-state index < -0.39 is 0 Å². The number of hydrogen-bond acceptors (Lipinski definition) is 3. The van der Waals surface area contributed by atoms with E-state index in [1.807, 2.05) is 36.4 Å². The van der Waals surface area contributed by atoms with Crippen LogP contribution in [0.25, 0.3) is 22.9 Å². The molecule has 20 heavy (non-hydrogen) atoms. The molecule has 0 aliphatic rings. The second kappa shape index (κ2) is 5.53. The van der Waals surface area contributed by atoms with Gasteiger partial charge in [0, 0.05) is 11.8 Å². The fourth-order valence-electron chi connectivity index (χ4n) is 2.19. The van der Waals surface area contributed by atoms with Crippen molar-refractivity contribution in [2.45, 2.75) is 0 Å². The number of nitrogens with zero attached hydrogens (tertiary/aromatic N) is 2. The summed E-state index contributed by atoms with van der Waals surface area (Å²) in [5.74, 6) is 0.856. The van der Waals surface area contributed by atoms with Crippen molar-refractivity contribution in [3.05, 3.63) is 66.2 Å². The molecule has 0 aliphatic carbocycles. The van der Waals surface area contributed by atoms with Gasteiger partial charge >= 0.3 is 0 Å². The highest BCUT2D eigenvalue weighted by Gasteiger charge is 2.04. The summed E-state index contributed by atoms with van der Waals surface area (Å²) in [7, 11) is 1.69. The van der Waals surface area contributed by atoms with Crippen LogP contribution in [0.1, 0.15) is 11.3 Å². The lowest BCUT2D eigenvalue weighted by molar-refractivity contribution is 0.414. The van der Waals surface area contributed by atoms with Crippen LogP contribution < -0.4 is 4.74 Å². The third-order valence-electron chi connectivity index (χ3n) is 3.18. The zero-order valence-corrected chi connectivity index (χ0v) is 11.2. The topological polar surface area (TPSA) is 35.0 Å². The van der Waals surface area contributed by atoms with Crippen LogP contribution in [0.5, 0.6) is 5.75 Å². The molecule has 0 radical (unpaired) electrons. The van der Waals surface area contributed by atoms with Gasteiger partial charge in [0.1, 0.15) is 12.1 Å². The number of methoxy groups -OCH3 is 1. The molecule has 3 aromatic rings. The van der Waals surface area contributed by atoms with E-state index in [9.17, 15) is 0 Å². The molecule has 0 unspecified atom stereocenters. The lowest BCUT2D eigenvalue weighted by atomic mass is 10.0. The van der Waals surface area contributed by atoms with E-state index in [0.29, 0.717) is 0 Å². The van der Waals surface area contributed by atoms with Gasteiger partial charge in [0.2, 0.25) is 0 Å². The van der Waals surface area contributed by atoms with Crippen molar-refractivity contribution in [3.63, 3.8) is 0 Å². The minimum Gasteiger partial charge on any atom is -0.496 e. The minimum absolute atomic E-state index is 0.856. The van der Waals surface area contributed by atoms with Gasteiger partial charge in [-0.05, 0) is 35.1 Å². The van der Waals surface area contributed by atoms with Crippen molar-refractivity contribution in [2.24, 2.45) is 0 Å². The predicted octanol–water partition coefficient (Wildman–Crippen LogP) is 3.81. The van der Waals surface area contributed by atoms with Gasteiger partial charge < -0.3 is 4.74 Å². The Kier molecular flexibility index (Phi) is 3.42. The zero-order chi connectivity index (χ0) is 13.8. The van der Waals surface area contributed by atoms with Gasteiger partial charge in [-0.3, -0.25) is 0 Å². The molecule has 3 heteroatoms. The van der Waals surface area contributed by atoms with E-state index in [-0.39, 0.29) is 0 Å². The molecule has 0 saturated carbocycles. The summed E-state index contributed by atoms with van der Waals surface area (Å²) in [6, 6.07) is 14.2. The van der Waals surface area contributed by atoms with Gasteiger partial charge in [-0.2, -0.15) is 0 Å². The van der Waals surface area contributed by atoms with Crippen LogP contribution in [0, 0.1) is 0 Å². The normalized spacial score (nSPS) is 11.1. The van der Waals surface area contributed by atoms with Crippen LogP contribution >= 0.6 is 0 Å². The molecule has 2 aromatic carbocycles. The molecule has 0 N–H and O–H groups in total. The first kappa shape index (κ1) is 12.4. The summed E-state index contributed by atoms with van der Waals surface area (Å²) in [6.45, 7) is 0. The fraction of sp³-hybridized carbons (Fsp3) is 0.0588. The quantitative estimate of drug-likeness (QED) is 0.720. The average Bonchev–Trinajstić information content (AvgIpc) is 2.53. The Morgan fingerprint density at radius 3 is 2.70 bits per heavy atom. The third kappa shape index (κ3) is 2.38. The van der Waals surface area contributed by atoms with E-state index in [1.54, 1.807) is 19.6 Å². The molecule has 98 valence electrons. The van der Waals surface area contributed by atoms with Gasteiger partial charge in [-0.15, -0.1) is 0 Å². The zero-order valence-electron chi connectivity index (χ0n) is 11.2. The van der Waals surface area contributed by atoms with Gasteiger partial charge in [-0.1, -0.05) is 30.3 Å². The molecule has 0 spiro atoms. The largest absolute Gasteiger partial charge is 0.496 e. The molecule has 1 heterocycles. The summed E-state index contributed by atoms with van der Waals surface area (Å²) < 4.78 is 5.46. The Morgan fingerprint density at radius 2 is 1.90 bits per heavy atom. The summed E-state index contributed by atoms with van der Waals surface area (Å²) in [4.78, 5) is 8.10. The summed E-state index contributed by atoms with van der Waals surface area (Å²) in [6.07, 6.45) is 7.27. The van der Waals surface area contributed by atoms with Crippen LogP contribution in [-0.4, -0.2) is 17.1 Å². The third-order valence-corrected chi connectivity index (χ3v) is 3.18. The maximum absolute atomic E-state index is 5.46. The molecular formula is C17H14N2O. The monoisotopic (exact) mass is 262 g/mol. The lowest BCUT2D eigenvalue weighted by Crippen LogP contribution is -1.88. The highest BCUT2D eigenvalue weighted by Crippen LogP contribution is 2.29. The fourth-order valence-corrected chi connectivity index (χ4v) is 2.19. The Balaban J connectivity index is 2.12. The first-order chi connectivity index (χ1) is 9.88. The number of aromatic nitrogens is 2. The SMILES string of the molecule is COc1ccc2ccccc2c1/C=C/c1ccncn1. The summed E-state index contributed by atoms with van der Waals surface area (Å²) in [5.41, 5.74) is 1.93. The second-order valence-electron chi connectivity index (χ2n) is 4.37. The Hall–Kier alpha value is -2.68. The van der Waals surface area contributed by atoms with E-state index in [1.165, 1.54) is 5.39 Å². The van der Waals surface area contributed by atoms with Gasteiger partial charge in [0.05, 0.1) is 12.8 Å². The van der Waals surface area contributed by atoms with E-state index in [0.717, 1.165) is 22.4 Å². The van der Waals surface area contributed by atoms with Crippen LogP contribution in [0.3, 0.4) is 0 Å². The average molecular weight is 262 g/mol. The first-order valence-corrected chi connectivity index (χ1v) is 6.38. The molecule has 3 nitrogen and oxygen atoms in total.